The molecule has 0 spiro atoms. The number of rotatable bonds is 4. The molecule has 0 aliphatic carbocycles. The van der Waals surface area contributed by atoms with Crippen molar-refractivity contribution in [2.45, 2.75) is 13.1 Å². The molecule has 0 aliphatic heterocycles. The number of benzene rings is 1. The number of alkyl halides is 3. The summed E-state index contributed by atoms with van der Waals surface area (Å²) in [5.74, 6) is -0.668. The Bertz CT molecular complexity index is 969. The molecule has 0 atom stereocenters. The molecule has 2 N–H and O–H groups in total. The van der Waals surface area contributed by atoms with Gasteiger partial charge in [-0.05, 0) is 42.3 Å². The van der Waals surface area contributed by atoms with Gasteiger partial charge in [-0.2, -0.15) is 13.2 Å². The fourth-order valence-corrected chi connectivity index (χ4v) is 3.77. The van der Waals surface area contributed by atoms with E-state index < -0.39 is 17.7 Å². The molecule has 2 aromatic heterocycles. The Balaban J connectivity index is 2.28. The maximum atomic E-state index is 13.2. The summed E-state index contributed by atoms with van der Waals surface area (Å²) in [5, 5.41) is 0.188. The Hall–Kier alpha value is -2.87. The summed E-state index contributed by atoms with van der Waals surface area (Å²) < 4.78 is 44.6. The number of thiophene rings is 1. The smallest absolute Gasteiger partial charge is 0.416 e. The zero-order chi connectivity index (χ0) is 19.6. The molecule has 0 saturated carbocycles. The van der Waals surface area contributed by atoms with E-state index >= 15 is 0 Å². The molecule has 0 radical (unpaired) electrons. The molecule has 3 rings (SSSR count). The predicted octanol–water partition coefficient (Wildman–Crippen LogP) is 5.25. The van der Waals surface area contributed by atoms with Crippen molar-refractivity contribution in [1.82, 2.24) is 4.98 Å². The third kappa shape index (κ3) is 3.80. The second-order valence-electron chi connectivity index (χ2n) is 5.58. The molecule has 0 amide bonds. The highest BCUT2D eigenvalue weighted by Crippen LogP contribution is 2.46. The van der Waals surface area contributed by atoms with Crippen molar-refractivity contribution in [2.24, 2.45) is 0 Å². The molecular weight excluding hydrogens is 377 g/mol. The number of nitrogens with two attached hydrogens (primary N) is 1. The summed E-state index contributed by atoms with van der Waals surface area (Å²) in [7, 11) is 0. The first-order chi connectivity index (χ1) is 12.8. The average Bonchev–Trinajstić information content (AvgIpc) is 2.99. The van der Waals surface area contributed by atoms with Crippen LogP contribution in [0.3, 0.4) is 0 Å². The molecule has 1 aromatic carbocycles. The van der Waals surface area contributed by atoms with Crippen molar-refractivity contribution in [3.63, 3.8) is 0 Å². The first-order valence-corrected chi connectivity index (χ1v) is 8.82. The van der Waals surface area contributed by atoms with Crippen LogP contribution >= 0.6 is 11.3 Å². The van der Waals surface area contributed by atoms with E-state index in [1.54, 1.807) is 31.5 Å². The van der Waals surface area contributed by atoms with Crippen LogP contribution in [0.25, 0.3) is 21.6 Å². The quantitative estimate of drug-likeness (QED) is 0.616. The lowest BCUT2D eigenvalue weighted by atomic mass is 9.97. The van der Waals surface area contributed by atoms with Crippen molar-refractivity contribution in [1.29, 1.82) is 0 Å². The van der Waals surface area contributed by atoms with Crippen molar-refractivity contribution in [3.05, 3.63) is 59.9 Å². The second-order valence-corrected chi connectivity index (χ2v) is 6.63. The number of esters is 1. The first kappa shape index (κ1) is 18.9. The molecule has 8 heteroatoms. The Morgan fingerprint density at radius 1 is 1.19 bits per heavy atom. The summed E-state index contributed by atoms with van der Waals surface area (Å²) in [6.07, 6.45) is -1.38. The van der Waals surface area contributed by atoms with Gasteiger partial charge in [-0.25, -0.2) is 4.79 Å². The van der Waals surface area contributed by atoms with Gasteiger partial charge in [-0.1, -0.05) is 12.1 Å². The minimum absolute atomic E-state index is 0.0768. The summed E-state index contributed by atoms with van der Waals surface area (Å²) >= 11 is 1.12. The molecular formula is C19H15F3N2O2S. The van der Waals surface area contributed by atoms with Crippen molar-refractivity contribution >= 4 is 22.3 Å². The lowest BCUT2D eigenvalue weighted by Gasteiger charge is -2.11. The van der Waals surface area contributed by atoms with Gasteiger partial charge in [0.15, 0.2) is 0 Å². The van der Waals surface area contributed by atoms with E-state index in [0.717, 1.165) is 23.5 Å². The third-order valence-electron chi connectivity index (χ3n) is 3.84. The second kappa shape index (κ2) is 7.40. The normalized spacial score (nSPS) is 11.4. The van der Waals surface area contributed by atoms with Crippen LogP contribution in [0.4, 0.5) is 18.2 Å². The standard InChI is InChI=1S/C19H15F3N2O2S/c1-2-26-18(25)15-14(12-4-3-5-13(10-12)19(20,21)22)16(27-17(15)23)11-6-8-24-9-7-11/h3-10H,2,23H2,1H3. The van der Waals surface area contributed by atoms with Crippen LogP contribution in [0, 0.1) is 0 Å². The highest BCUT2D eigenvalue weighted by atomic mass is 32.1. The topological polar surface area (TPSA) is 65.2 Å². The minimum atomic E-state index is -4.50. The fraction of sp³-hybridized carbons (Fsp3) is 0.158. The average molecular weight is 392 g/mol. The van der Waals surface area contributed by atoms with E-state index in [2.05, 4.69) is 4.98 Å². The van der Waals surface area contributed by atoms with Crippen LogP contribution in [0.15, 0.2) is 48.8 Å². The summed E-state index contributed by atoms with van der Waals surface area (Å²) in [4.78, 5) is 17.0. The molecule has 0 aliphatic rings. The number of carbonyl (C=O) groups excluding carboxylic acids is 1. The molecule has 0 saturated heterocycles. The SMILES string of the molecule is CCOC(=O)c1c(N)sc(-c2ccncc2)c1-c1cccc(C(F)(F)F)c1. The van der Waals surface area contributed by atoms with Crippen LogP contribution in [0.1, 0.15) is 22.8 Å². The molecule has 27 heavy (non-hydrogen) atoms. The van der Waals surface area contributed by atoms with Crippen LogP contribution < -0.4 is 5.73 Å². The number of aromatic nitrogens is 1. The fourth-order valence-electron chi connectivity index (χ4n) is 2.69. The maximum absolute atomic E-state index is 13.2. The maximum Gasteiger partial charge on any atom is 0.416 e. The number of pyridine rings is 1. The summed E-state index contributed by atoms with van der Waals surface area (Å²) in [6.45, 7) is 1.77. The van der Waals surface area contributed by atoms with Gasteiger partial charge in [0.1, 0.15) is 10.6 Å². The number of hydrogen-bond acceptors (Lipinski definition) is 5. The van der Waals surface area contributed by atoms with Crippen LogP contribution in [-0.4, -0.2) is 17.6 Å². The van der Waals surface area contributed by atoms with Crippen LogP contribution in [0.2, 0.25) is 0 Å². The van der Waals surface area contributed by atoms with Gasteiger partial charge in [0.2, 0.25) is 0 Å². The Kier molecular flexibility index (Phi) is 5.18. The lowest BCUT2D eigenvalue weighted by molar-refractivity contribution is -0.137. The molecule has 4 nitrogen and oxygen atoms in total. The lowest BCUT2D eigenvalue weighted by Crippen LogP contribution is -2.08. The van der Waals surface area contributed by atoms with E-state index in [4.69, 9.17) is 10.5 Å². The van der Waals surface area contributed by atoms with Gasteiger partial charge in [0, 0.05) is 22.8 Å². The number of hydrogen-bond donors (Lipinski definition) is 1. The molecule has 3 aromatic rings. The van der Waals surface area contributed by atoms with Crippen molar-refractivity contribution in [2.75, 3.05) is 12.3 Å². The Morgan fingerprint density at radius 3 is 2.52 bits per heavy atom. The first-order valence-electron chi connectivity index (χ1n) is 8.00. The minimum Gasteiger partial charge on any atom is -0.462 e. The summed E-state index contributed by atoms with van der Waals surface area (Å²) in [5.41, 5.74) is 6.59. The number of nitrogen functional groups attached to an aromatic ring is 1. The highest BCUT2D eigenvalue weighted by molar-refractivity contribution is 7.20. The number of anilines is 1. The van der Waals surface area contributed by atoms with E-state index in [1.165, 1.54) is 12.1 Å². The zero-order valence-electron chi connectivity index (χ0n) is 14.2. The number of nitrogens with zero attached hydrogens (tertiary/aromatic N) is 1. The predicted molar refractivity (Wildman–Crippen MR) is 98.4 cm³/mol. The molecule has 140 valence electrons. The summed E-state index contributed by atoms with van der Waals surface area (Å²) in [6, 6.07) is 8.22. The van der Waals surface area contributed by atoms with Gasteiger partial charge >= 0.3 is 12.1 Å². The Morgan fingerprint density at radius 2 is 1.89 bits per heavy atom. The molecule has 2 heterocycles. The van der Waals surface area contributed by atoms with Gasteiger partial charge in [-0.3, -0.25) is 4.98 Å². The molecule has 0 fully saturated rings. The molecule has 0 unspecified atom stereocenters. The van der Waals surface area contributed by atoms with Crippen molar-refractivity contribution < 1.29 is 22.7 Å². The van der Waals surface area contributed by atoms with Crippen molar-refractivity contribution in [3.8, 4) is 21.6 Å². The van der Waals surface area contributed by atoms with Gasteiger partial charge in [0.25, 0.3) is 0 Å². The van der Waals surface area contributed by atoms with Gasteiger partial charge < -0.3 is 10.5 Å². The molecule has 0 bridgehead atoms. The largest absolute Gasteiger partial charge is 0.462 e. The Labute approximate surface area is 157 Å². The van der Waals surface area contributed by atoms with Gasteiger partial charge in [-0.15, -0.1) is 11.3 Å². The highest BCUT2D eigenvalue weighted by Gasteiger charge is 2.32. The monoisotopic (exact) mass is 392 g/mol. The van der Waals surface area contributed by atoms with E-state index in [-0.39, 0.29) is 22.7 Å². The number of carbonyl (C=O) groups is 1. The van der Waals surface area contributed by atoms with E-state index in [0.29, 0.717) is 16.0 Å². The number of halogens is 3. The number of ether oxygens (including phenoxy) is 1. The van der Waals surface area contributed by atoms with E-state index in [1.807, 2.05) is 0 Å². The zero-order valence-corrected chi connectivity index (χ0v) is 15.0. The van der Waals surface area contributed by atoms with Crippen LogP contribution in [0.5, 0.6) is 0 Å². The van der Waals surface area contributed by atoms with E-state index in [9.17, 15) is 18.0 Å². The van der Waals surface area contributed by atoms with Gasteiger partial charge in [0.05, 0.1) is 12.2 Å². The third-order valence-corrected chi connectivity index (χ3v) is 4.90. The van der Waals surface area contributed by atoms with Crippen LogP contribution in [-0.2, 0) is 10.9 Å².